The second-order valence-electron chi connectivity index (χ2n) is 2.99. The summed E-state index contributed by atoms with van der Waals surface area (Å²) in [7, 11) is 0. The molecule has 0 saturated carbocycles. The van der Waals surface area contributed by atoms with Crippen molar-refractivity contribution < 1.29 is 4.79 Å². The van der Waals surface area contributed by atoms with Crippen LogP contribution in [0.15, 0.2) is 35.5 Å². The zero-order chi connectivity index (χ0) is 8.39. The van der Waals surface area contributed by atoms with Crippen LogP contribution in [-0.4, -0.2) is 12.5 Å². The third kappa shape index (κ3) is 1.20. The van der Waals surface area contributed by atoms with Gasteiger partial charge in [0, 0.05) is 12.1 Å². The van der Waals surface area contributed by atoms with Crippen LogP contribution in [-0.2, 0) is 4.79 Å². The molecule has 0 fully saturated rings. The fourth-order valence-corrected chi connectivity index (χ4v) is 1.52. The molecule has 2 rings (SSSR count). The van der Waals surface area contributed by atoms with Crippen molar-refractivity contribution in [2.24, 2.45) is 0 Å². The van der Waals surface area contributed by atoms with E-state index in [9.17, 15) is 4.79 Å². The smallest absolute Gasteiger partial charge is 0.251 e. The molecule has 62 valence electrons. The fourth-order valence-electron chi connectivity index (χ4n) is 1.52. The van der Waals surface area contributed by atoms with Gasteiger partial charge < -0.3 is 5.32 Å². The minimum atomic E-state index is 0.0686. The molecule has 0 aromatic heterocycles. The van der Waals surface area contributed by atoms with E-state index >= 15 is 0 Å². The molecule has 12 heavy (non-hydrogen) atoms. The lowest BCUT2D eigenvalue weighted by atomic mass is 10.0. The first-order chi connectivity index (χ1) is 5.88. The number of allylic oxidation sites excluding steroid dienone is 3. The van der Waals surface area contributed by atoms with Crippen molar-refractivity contribution in [3.63, 3.8) is 0 Å². The first kappa shape index (κ1) is 7.35. The number of hydrogen-bond acceptors (Lipinski definition) is 1. The molecule has 1 aliphatic heterocycles. The number of hydrogen-bond donors (Lipinski definition) is 1. The van der Waals surface area contributed by atoms with Crippen molar-refractivity contribution in [3.05, 3.63) is 35.5 Å². The molecule has 1 heterocycles. The Morgan fingerprint density at radius 1 is 1.25 bits per heavy atom. The molecule has 0 spiro atoms. The third-order valence-corrected chi connectivity index (χ3v) is 2.15. The highest BCUT2D eigenvalue weighted by atomic mass is 16.1. The lowest BCUT2D eigenvalue weighted by Gasteiger charge is -2.15. The van der Waals surface area contributed by atoms with Crippen LogP contribution < -0.4 is 5.32 Å². The Kier molecular flexibility index (Phi) is 1.82. The zero-order valence-corrected chi connectivity index (χ0v) is 6.84. The van der Waals surface area contributed by atoms with E-state index in [0.717, 1.165) is 25.0 Å². The van der Waals surface area contributed by atoms with Crippen molar-refractivity contribution >= 4 is 5.91 Å². The monoisotopic (exact) mass is 161 g/mol. The van der Waals surface area contributed by atoms with Crippen molar-refractivity contribution in [1.82, 2.24) is 5.32 Å². The number of rotatable bonds is 0. The number of nitrogens with one attached hydrogen (secondary N) is 1. The van der Waals surface area contributed by atoms with Crippen LogP contribution in [0.4, 0.5) is 0 Å². The maximum atomic E-state index is 11.3. The summed E-state index contributed by atoms with van der Waals surface area (Å²) in [5, 5.41) is 2.83. The summed E-state index contributed by atoms with van der Waals surface area (Å²) in [4.78, 5) is 11.3. The van der Waals surface area contributed by atoms with Crippen LogP contribution in [0.3, 0.4) is 0 Å². The molecular formula is C10H11NO. The number of carbonyl (C=O) groups is 1. The molecule has 0 aromatic rings. The van der Waals surface area contributed by atoms with Gasteiger partial charge in [-0.1, -0.05) is 24.3 Å². The van der Waals surface area contributed by atoms with Gasteiger partial charge in [0.05, 0.1) is 0 Å². The second kappa shape index (κ2) is 2.97. The maximum Gasteiger partial charge on any atom is 0.251 e. The van der Waals surface area contributed by atoms with Crippen LogP contribution in [0.1, 0.15) is 12.8 Å². The zero-order valence-electron chi connectivity index (χ0n) is 6.84. The molecule has 0 atom stereocenters. The number of carbonyl (C=O) groups excluding carboxylic acids is 1. The van der Waals surface area contributed by atoms with Crippen LogP contribution >= 0.6 is 0 Å². The SMILES string of the molecule is O=C1NCCC2=C1C=CCC=C2. The Bertz CT molecular complexity index is 297. The molecule has 0 bridgehead atoms. The van der Waals surface area contributed by atoms with Gasteiger partial charge in [0.25, 0.3) is 5.91 Å². The molecule has 0 saturated heterocycles. The lowest BCUT2D eigenvalue weighted by Crippen LogP contribution is -2.30. The van der Waals surface area contributed by atoms with Gasteiger partial charge in [-0.15, -0.1) is 0 Å². The molecule has 1 N–H and O–H groups in total. The summed E-state index contributed by atoms with van der Waals surface area (Å²) < 4.78 is 0. The Labute approximate surface area is 71.7 Å². The molecule has 0 radical (unpaired) electrons. The van der Waals surface area contributed by atoms with Gasteiger partial charge in [-0.3, -0.25) is 4.79 Å². The van der Waals surface area contributed by atoms with E-state index in [1.165, 1.54) is 5.57 Å². The standard InChI is InChI=1S/C10H11NO/c12-10-9-5-3-1-2-4-8(9)6-7-11-10/h2-5H,1,6-7H2,(H,11,12). The maximum absolute atomic E-state index is 11.3. The predicted molar refractivity (Wildman–Crippen MR) is 47.5 cm³/mol. The van der Waals surface area contributed by atoms with Gasteiger partial charge in [0.2, 0.25) is 0 Å². The third-order valence-electron chi connectivity index (χ3n) is 2.15. The van der Waals surface area contributed by atoms with Crippen LogP contribution in [0.25, 0.3) is 0 Å². The Morgan fingerprint density at radius 3 is 3.00 bits per heavy atom. The van der Waals surface area contributed by atoms with Gasteiger partial charge in [0.15, 0.2) is 0 Å². The largest absolute Gasteiger partial charge is 0.352 e. The second-order valence-corrected chi connectivity index (χ2v) is 2.99. The minimum absolute atomic E-state index is 0.0686. The average Bonchev–Trinajstić information content (AvgIpc) is 2.30. The van der Waals surface area contributed by atoms with Crippen molar-refractivity contribution in [2.45, 2.75) is 12.8 Å². The quantitative estimate of drug-likeness (QED) is 0.570. The van der Waals surface area contributed by atoms with E-state index < -0.39 is 0 Å². The van der Waals surface area contributed by atoms with Gasteiger partial charge in [-0.2, -0.15) is 0 Å². The predicted octanol–water partition coefficient (Wildman–Crippen LogP) is 1.32. The fraction of sp³-hybridized carbons (Fsp3) is 0.300. The summed E-state index contributed by atoms with van der Waals surface area (Å²) in [5.41, 5.74) is 2.02. The highest BCUT2D eigenvalue weighted by molar-refractivity contribution is 5.98. The molecule has 2 heteroatoms. The van der Waals surface area contributed by atoms with Crippen molar-refractivity contribution in [3.8, 4) is 0 Å². The summed E-state index contributed by atoms with van der Waals surface area (Å²) in [5.74, 6) is 0.0686. The first-order valence-electron chi connectivity index (χ1n) is 4.22. The lowest BCUT2D eigenvalue weighted by molar-refractivity contribution is -0.117. The molecule has 1 amide bonds. The average molecular weight is 161 g/mol. The van der Waals surface area contributed by atoms with E-state index in [-0.39, 0.29) is 5.91 Å². The molecule has 2 nitrogen and oxygen atoms in total. The Morgan fingerprint density at radius 2 is 2.08 bits per heavy atom. The van der Waals surface area contributed by atoms with E-state index in [1.54, 1.807) is 0 Å². The van der Waals surface area contributed by atoms with Crippen LogP contribution in [0.2, 0.25) is 0 Å². The van der Waals surface area contributed by atoms with Gasteiger partial charge in [0.1, 0.15) is 0 Å². The van der Waals surface area contributed by atoms with Crippen molar-refractivity contribution in [2.75, 3.05) is 6.54 Å². The molecule has 0 aromatic carbocycles. The summed E-state index contributed by atoms with van der Waals surface area (Å²) >= 11 is 0. The highest BCUT2D eigenvalue weighted by Crippen LogP contribution is 2.18. The van der Waals surface area contributed by atoms with E-state index in [4.69, 9.17) is 0 Å². The molecule has 2 aliphatic rings. The van der Waals surface area contributed by atoms with E-state index in [1.807, 2.05) is 12.2 Å². The van der Waals surface area contributed by atoms with Gasteiger partial charge >= 0.3 is 0 Å². The normalized spacial score (nSPS) is 21.8. The Hall–Kier alpha value is -1.31. The van der Waals surface area contributed by atoms with Crippen LogP contribution in [0.5, 0.6) is 0 Å². The van der Waals surface area contributed by atoms with Gasteiger partial charge in [-0.05, 0) is 18.4 Å². The van der Waals surface area contributed by atoms with Crippen LogP contribution in [0, 0.1) is 0 Å². The number of amides is 1. The summed E-state index contributed by atoms with van der Waals surface area (Å²) in [6.45, 7) is 0.774. The highest BCUT2D eigenvalue weighted by Gasteiger charge is 2.16. The van der Waals surface area contributed by atoms with Crippen molar-refractivity contribution in [1.29, 1.82) is 0 Å². The summed E-state index contributed by atoms with van der Waals surface area (Å²) in [6, 6.07) is 0. The first-order valence-corrected chi connectivity index (χ1v) is 4.22. The topological polar surface area (TPSA) is 29.1 Å². The van der Waals surface area contributed by atoms with E-state index in [0.29, 0.717) is 0 Å². The molecule has 0 unspecified atom stereocenters. The molecule has 1 aliphatic carbocycles. The minimum Gasteiger partial charge on any atom is -0.352 e. The summed E-state index contributed by atoms with van der Waals surface area (Å²) in [6.07, 6.45) is 9.99. The molecular weight excluding hydrogens is 150 g/mol. The van der Waals surface area contributed by atoms with E-state index in [2.05, 4.69) is 17.5 Å². The Balaban J connectivity index is 2.43. The van der Waals surface area contributed by atoms with Gasteiger partial charge in [-0.25, -0.2) is 0 Å².